The Morgan fingerprint density at radius 3 is 2.74 bits per heavy atom. The molecule has 19 heavy (non-hydrogen) atoms. The third-order valence-electron chi connectivity index (χ3n) is 3.97. The van der Waals surface area contributed by atoms with Crippen molar-refractivity contribution in [1.82, 2.24) is 10.2 Å². The maximum absolute atomic E-state index is 10.8. The van der Waals surface area contributed by atoms with Crippen LogP contribution in [0.15, 0.2) is 30.3 Å². The minimum atomic E-state index is -0.938. The molecule has 0 spiro atoms. The number of carboxylic acid groups (broad SMARTS) is 1. The summed E-state index contributed by atoms with van der Waals surface area (Å²) in [6, 6.07) is 10.4. The number of hydrogen-bond acceptors (Lipinski definition) is 2. The van der Waals surface area contributed by atoms with Crippen molar-refractivity contribution < 1.29 is 9.90 Å². The molecule has 1 fully saturated rings. The first-order valence-corrected chi connectivity index (χ1v) is 6.75. The SMILES string of the molecule is CC(C)(NC(=O)O)[C@H]1CCN(Cc2ccccc2)C1. The maximum Gasteiger partial charge on any atom is 0.405 e. The highest BCUT2D eigenvalue weighted by Crippen LogP contribution is 2.28. The summed E-state index contributed by atoms with van der Waals surface area (Å²) in [7, 11) is 0. The van der Waals surface area contributed by atoms with E-state index >= 15 is 0 Å². The van der Waals surface area contributed by atoms with E-state index in [1.807, 2.05) is 19.9 Å². The van der Waals surface area contributed by atoms with Gasteiger partial charge in [-0.05, 0) is 38.3 Å². The zero-order valence-corrected chi connectivity index (χ0v) is 11.6. The number of benzene rings is 1. The molecule has 104 valence electrons. The molecule has 0 unspecified atom stereocenters. The fraction of sp³-hybridized carbons (Fsp3) is 0.533. The van der Waals surface area contributed by atoms with Gasteiger partial charge in [-0.1, -0.05) is 30.3 Å². The number of rotatable bonds is 4. The van der Waals surface area contributed by atoms with Crippen molar-refractivity contribution in [1.29, 1.82) is 0 Å². The Morgan fingerprint density at radius 2 is 2.11 bits per heavy atom. The number of carbonyl (C=O) groups is 1. The van der Waals surface area contributed by atoms with Crippen molar-refractivity contribution in [3.05, 3.63) is 35.9 Å². The largest absolute Gasteiger partial charge is 0.465 e. The van der Waals surface area contributed by atoms with E-state index < -0.39 is 6.09 Å². The summed E-state index contributed by atoms with van der Waals surface area (Å²) < 4.78 is 0. The second kappa shape index (κ2) is 5.61. The van der Waals surface area contributed by atoms with Crippen molar-refractivity contribution in [2.24, 2.45) is 5.92 Å². The van der Waals surface area contributed by atoms with Crippen LogP contribution >= 0.6 is 0 Å². The number of nitrogens with one attached hydrogen (secondary N) is 1. The molecule has 0 radical (unpaired) electrons. The van der Waals surface area contributed by atoms with Gasteiger partial charge < -0.3 is 10.4 Å². The molecule has 4 nitrogen and oxygen atoms in total. The average Bonchev–Trinajstić information content (AvgIpc) is 2.78. The van der Waals surface area contributed by atoms with Crippen molar-refractivity contribution in [3.63, 3.8) is 0 Å². The number of likely N-dealkylation sites (tertiary alicyclic amines) is 1. The van der Waals surface area contributed by atoms with Crippen molar-refractivity contribution in [2.75, 3.05) is 13.1 Å². The van der Waals surface area contributed by atoms with Gasteiger partial charge >= 0.3 is 6.09 Å². The molecule has 1 aliphatic rings. The van der Waals surface area contributed by atoms with E-state index in [-0.39, 0.29) is 5.54 Å². The van der Waals surface area contributed by atoms with Crippen LogP contribution in [-0.4, -0.2) is 34.7 Å². The van der Waals surface area contributed by atoms with E-state index in [4.69, 9.17) is 5.11 Å². The minimum Gasteiger partial charge on any atom is -0.465 e. The fourth-order valence-corrected chi connectivity index (χ4v) is 2.78. The van der Waals surface area contributed by atoms with Gasteiger partial charge in [-0.2, -0.15) is 0 Å². The predicted molar refractivity (Wildman–Crippen MR) is 75.1 cm³/mol. The molecule has 0 aliphatic carbocycles. The standard InChI is InChI=1S/C15H22N2O2/c1-15(2,16-14(18)19)13-8-9-17(11-13)10-12-6-4-3-5-7-12/h3-7,13,16H,8-11H2,1-2H3,(H,18,19)/t13-/m0/s1. The number of hydrogen-bond donors (Lipinski definition) is 2. The van der Waals surface area contributed by atoms with Gasteiger partial charge in [0.2, 0.25) is 0 Å². The molecule has 4 heteroatoms. The first-order chi connectivity index (χ1) is 8.97. The molecule has 0 aromatic heterocycles. The fourth-order valence-electron chi connectivity index (χ4n) is 2.78. The lowest BCUT2D eigenvalue weighted by molar-refractivity contribution is 0.166. The molecule has 1 aromatic carbocycles. The lowest BCUT2D eigenvalue weighted by atomic mass is 9.87. The maximum atomic E-state index is 10.8. The van der Waals surface area contributed by atoms with Gasteiger partial charge in [0, 0.05) is 18.6 Å². The molecule has 2 N–H and O–H groups in total. The summed E-state index contributed by atoms with van der Waals surface area (Å²) in [5.74, 6) is 0.368. The molecule has 1 heterocycles. The van der Waals surface area contributed by atoms with Gasteiger partial charge in [0.1, 0.15) is 0 Å². The highest BCUT2D eigenvalue weighted by Gasteiger charge is 2.36. The van der Waals surface area contributed by atoms with Crippen LogP contribution in [0, 0.1) is 5.92 Å². The zero-order chi connectivity index (χ0) is 13.9. The Balaban J connectivity index is 1.91. The van der Waals surface area contributed by atoms with Crippen LogP contribution in [0.3, 0.4) is 0 Å². The van der Waals surface area contributed by atoms with Gasteiger partial charge in [0.05, 0.1) is 0 Å². The normalized spacial score (nSPS) is 20.4. The summed E-state index contributed by atoms with van der Waals surface area (Å²) in [4.78, 5) is 13.2. The molecular formula is C15H22N2O2. The van der Waals surface area contributed by atoms with E-state index in [1.54, 1.807) is 0 Å². The molecule has 1 atom stereocenters. The molecule has 1 aromatic rings. The third-order valence-corrected chi connectivity index (χ3v) is 3.97. The molecule has 1 saturated heterocycles. The van der Waals surface area contributed by atoms with Gasteiger partial charge in [0.25, 0.3) is 0 Å². The molecule has 0 bridgehead atoms. The number of nitrogens with zero attached hydrogens (tertiary/aromatic N) is 1. The molecule has 2 rings (SSSR count). The van der Waals surface area contributed by atoms with Crippen molar-refractivity contribution in [3.8, 4) is 0 Å². The van der Waals surface area contributed by atoms with Gasteiger partial charge in [-0.25, -0.2) is 4.79 Å². The van der Waals surface area contributed by atoms with Crippen molar-refractivity contribution >= 4 is 6.09 Å². The second-order valence-electron chi connectivity index (χ2n) is 5.86. The van der Waals surface area contributed by atoms with Crippen LogP contribution in [0.5, 0.6) is 0 Å². The topological polar surface area (TPSA) is 52.6 Å². The van der Waals surface area contributed by atoms with E-state index in [0.717, 1.165) is 26.1 Å². The Morgan fingerprint density at radius 1 is 1.42 bits per heavy atom. The Bertz CT molecular complexity index is 431. The average molecular weight is 262 g/mol. The molecular weight excluding hydrogens is 240 g/mol. The smallest absolute Gasteiger partial charge is 0.405 e. The molecule has 1 aliphatic heterocycles. The van der Waals surface area contributed by atoms with Gasteiger partial charge in [-0.15, -0.1) is 0 Å². The highest BCUT2D eigenvalue weighted by molar-refractivity contribution is 5.65. The van der Waals surface area contributed by atoms with Crippen LogP contribution in [-0.2, 0) is 6.54 Å². The summed E-state index contributed by atoms with van der Waals surface area (Å²) >= 11 is 0. The summed E-state index contributed by atoms with van der Waals surface area (Å²) in [5.41, 5.74) is 0.948. The van der Waals surface area contributed by atoms with Crippen LogP contribution in [0.4, 0.5) is 4.79 Å². The van der Waals surface area contributed by atoms with Crippen molar-refractivity contribution in [2.45, 2.75) is 32.4 Å². The van der Waals surface area contributed by atoms with Crippen LogP contribution in [0.2, 0.25) is 0 Å². The van der Waals surface area contributed by atoms with Gasteiger partial charge in [-0.3, -0.25) is 4.90 Å². The molecule has 0 saturated carbocycles. The highest BCUT2D eigenvalue weighted by atomic mass is 16.4. The first kappa shape index (κ1) is 13.9. The van der Waals surface area contributed by atoms with E-state index in [9.17, 15) is 4.79 Å². The summed E-state index contributed by atoms with van der Waals surface area (Å²) in [6.07, 6.45) is 0.103. The van der Waals surface area contributed by atoms with E-state index in [0.29, 0.717) is 5.92 Å². The van der Waals surface area contributed by atoms with Crippen LogP contribution in [0.25, 0.3) is 0 Å². The Hall–Kier alpha value is -1.55. The lowest BCUT2D eigenvalue weighted by Crippen LogP contribution is -2.49. The zero-order valence-electron chi connectivity index (χ0n) is 11.6. The Labute approximate surface area is 114 Å². The Kier molecular flexibility index (Phi) is 4.10. The van der Waals surface area contributed by atoms with Crippen LogP contribution < -0.4 is 5.32 Å². The third kappa shape index (κ3) is 3.70. The predicted octanol–water partition coefficient (Wildman–Crippen LogP) is 2.55. The summed E-state index contributed by atoms with van der Waals surface area (Å²) in [6.45, 7) is 6.86. The monoisotopic (exact) mass is 262 g/mol. The summed E-state index contributed by atoms with van der Waals surface area (Å²) in [5, 5.41) is 11.5. The minimum absolute atomic E-state index is 0.364. The van der Waals surface area contributed by atoms with Gasteiger partial charge in [0.15, 0.2) is 0 Å². The quantitative estimate of drug-likeness (QED) is 0.876. The number of amides is 1. The van der Waals surface area contributed by atoms with Crippen LogP contribution in [0.1, 0.15) is 25.8 Å². The van der Waals surface area contributed by atoms with E-state index in [1.165, 1.54) is 5.56 Å². The molecule has 1 amide bonds. The lowest BCUT2D eigenvalue weighted by Gasteiger charge is -2.31. The first-order valence-electron chi connectivity index (χ1n) is 6.75. The second-order valence-corrected chi connectivity index (χ2v) is 5.86. The van der Waals surface area contributed by atoms with E-state index in [2.05, 4.69) is 34.5 Å².